The molecule has 21 nitrogen and oxygen atoms in total. The minimum Gasteiger partial charge on any atom is -0.465 e. The summed E-state index contributed by atoms with van der Waals surface area (Å²) in [6, 6.07) is 0. The van der Waals surface area contributed by atoms with Crippen molar-refractivity contribution in [3.05, 3.63) is 72.9 Å². The van der Waals surface area contributed by atoms with Crippen LogP contribution in [0, 0.1) is 105 Å². The van der Waals surface area contributed by atoms with E-state index < -0.39 is 5.41 Å². The van der Waals surface area contributed by atoms with Crippen LogP contribution in [0.2, 0.25) is 0 Å². The molecule has 0 aromatic heterocycles. The van der Waals surface area contributed by atoms with Gasteiger partial charge in [0.05, 0.1) is 48.3 Å². The smallest absolute Gasteiger partial charge is 0.313 e. The van der Waals surface area contributed by atoms with E-state index in [1.165, 1.54) is 193 Å². The highest BCUT2D eigenvalue weighted by Gasteiger charge is 2.55. The van der Waals surface area contributed by atoms with Gasteiger partial charge in [-0.2, -0.15) is 0 Å². The topological polar surface area (TPSA) is 246 Å². The van der Waals surface area contributed by atoms with Gasteiger partial charge in [-0.15, -0.1) is 0 Å². The van der Waals surface area contributed by atoms with E-state index in [4.69, 9.17) is 42.6 Å². The van der Waals surface area contributed by atoms with Crippen molar-refractivity contribution in [3.8, 4) is 0 Å². The maximum Gasteiger partial charge on any atom is 0.313 e. The molecular formula is C124H203N3O18. The highest BCUT2D eigenvalue weighted by Crippen LogP contribution is 2.64. The number of carbonyl (C=O) groups excluding carboxylic acids is 9. The number of unbranched alkanes of at least 4 members (excludes halogenated alkanes) is 24. The van der Waals surface area contributed by atoms with Gasteiger partial charge < -0.3 is 57.3 Å². The Bertz CT molecular complexity index is 3820. The molecule has 145 heavy (non-hydrogen) atoms. The van der Waals surface area contributed by atoms with Gasteiger partial charge in [0.2, 0.25) is 0 Å². The highest BCUT2D eigenvalue weighted by molar-refractivity contribution is 5.77. The Labute approximate surface area is 878 Å². The molecule has 5 unspecified atom stereocenters. The van der Waals surface area contributed by atoms with Crippen LogP contribution in [0.15, 0.2) is 72.9 Å². The molecule has 12 bridgehead atoms. The third-order valence-corrected chi connectivity index (χ3v) is 34.7. The van der Waals surface area contributed by atoms with Gasteiger partial charge >= 0.3 is 53.7 Å². The lowest BCUT2D eigenvalue weighted by molar-refractivity contribution is -0.163. The summed E-state index contributed by atoms with van der Waals surface area (Å²) < 4.78 is 51.6. The summed E-state index contributed by atoms with van der Waals surface area (Å²) in [6.07, 6.45) is 95.1. The Morgan fingerprint density at radius 3 is 0.883 bits per heavy atom. The van der Waals surface area contributed by atoms with Crippen LogP contribution in [0.5, 0.6) is 0 Å². The molecule has 0 aromatic carbocycles. The van der Waals surface area contributed by atoms with Crippen LogP contribution in [-0.2, 0) is 85.8 Å². The Morgan fingerprint density at radius 2 is 0.579 bits per heavy atom. The molecule has 0 aromatic rings. The lowest BCUT2D eigenvalue weighted by atomic mass is 9.49. The third-order valence-electron chi connectivity index (χ3n) is 34.7. The van der Waals surface area contributed by atoms with Crippen LogP contribution in [0.1, 0.15) is 432 Å². The second kappa shape index (κ2) is 67.8. The molecule has 822 valence electrons. The Morgan fingerprint density at radius 1 is 0.297 bits per heavy atom. The Kier molecular flexibility index (Phi) is 56.3. The second-order valence-electron chi connectivity index (χ2n) is 48.9. The van der Waals surface area contributed by atoms with Crippen molar-refractivity contribution in [2.24, 2.45) is 105 Å². The van der Waals surface area contributed by atoms with Crippen LogP contribution in [0.3, 0.4) is 0 Å². The predicted molar refractivity (Wildman–Crippen MR) is 578 cm³/mol. The van der Waals surface area contributed by atoms with Gasteiger partial charge in [-0.05, 0) is 393 Å². The molecule has 3 saturated heterocycles. The average molecular weight is 2020 g/mol. The fourth-order valence-corrected chi connectivity index (χ4v) is 27.9. The summed E-state index contributed by atoms with van der Waals surface area (Å²) in [5.74, 6) is 4.40. The zero-order valence-electron chi connectivity index (χ0n) is 92.4. The van der Waals surface area contributed by atoms with Crippen LogP contribution < -0.4 is 0 Å². The van der Waals surface area contributed by atoms with Gasteiger partial charge in [-0.25, -0.2) is 0 Å². The molecule has 15 aliphatic rings. The molecule has 0 radical (unpaired) electrons. The van der Waals surface area contributed by atoms with Crippen LogP contribution in [0.25, 0.3) is 0 Å². The summed E-state index contributed by atoms with van der Waals surface area (Å²) in [7, 11) is 6.15. The summed E-state index contributed by atoms with van der Waals surface area (Å²) in [4.78, 5) is 122. The van der Waals surface area contributed by atoms with Crippen molar-refractivity contribution in [3.63, 3.8) is 0 Å². The monoisotopic (exact) mass is 2020 g/mol. The molecule has 15 fully saturated rings. The number of nitrogens with zero attached hydrogens (tertiary/aromatic N) is 3. The zero-order chi connectivity index (χ0) is 103. The third kappa shape index (κ3) is 47.5. The first-order valence-corrected chi connectivity index (χ1v) is 59.7. The Balaban J connectivity index is 0.000000223. The molecule has 0 N–H and O–H groups in total. The fourth-order valence-electron chi connectivity index (χ4n) is 27.9. The number of ether oxygens (including phenoxy) is 9. The van der Waals surface area contributed by atoms with Crippen molar-refractivity contribution in [2.45, 2.75) is 432 Å². The van der Waals surface area contributed by atoms with Gasteiger partial charge in [-0.3, -0.25) is 43.2 Å². The highest BCUT2D eigenvalue weighted by atomic mass is 16.6. The fraction of sp³-hybridized carbons (Fsp3) is 0.831. The lowest BCUT2D eigenvalue weighted by Gasteiger charge is -2.56. The molecular weight excluding hydrogens is 1820 g/mol. The summed E-state index contributed by atoms with van der Waals surface area (Å²) >= 11 is 0. The van der Waals surface area contributed by atoms with Crippen LogP contribution >= 0.6 is 0 Å². The largest absolute Gasteiger partial charge is 0.465 e. The number of rotatable bonds is 70. The predicted octanol–water partition coefficient (Wildman–Crippen LogP) is 27.4. The molecule has 0 spiro atoms. The summed E-state index contributed by atoms with van der Waals surface area (Å²) in [6.45, 7) is 14.8. The number of hydrogen-bond donors (Lipinski definition) is 0. The van der Waals surface area contributed by atoms with Crippen molar-refractivity contribution in [1.82, 2.24) is 14.7 Å². The zero-order valence-corrected chi connectivity index (χ0v) is 92.4. The van der Waals surface area contributed by atoms with E-state index in [9.17, 15) is 43.2 Å². The van der Waals surface area contributed by atoms with Crippen molar-refractivity contribution < 1.29 is 85.8 Å². The van der Waals surface area contributed by atoms with E-state index in [0.29, 0.717) is 64.0 Å². The molecule has 3 aliphatic heterocycles. The Hall–Kier alpha value is -6.45. The van der Waals surface area contributed by atoms with Crippen LogP contribution in [0.4, 0.5) is 0 Å². The first-order valence-electron chi connectivity index (χ1n) is 59.7. The molecule has 15 rings (SSSR count). The van der Waals surface area contributed by atoms with Gasteiger partial charge in [0, 0.05) is 38.8 Å². The molecule has 0 amide bonds. The van der Waals surface area contributed by atoms with E-state index in [1.807, 2.05) is 21.0 Å². The minimum absolute atomic E-state index is 0.0831. The van der Waals surface area contributed by atoms with E-state index in [0.717, 1.165) is 246 Å². The van der Waals surface area contributed by atoms with Gasteiger partial charge in [-0.1, -0.05) is 190 Å². The second-order valence-corrected chi connectivity index (χ2v) is 48.9. The number of esters is 9. The molecule has 21 heteroatoms. The number of hydrogen-bond acceptors (Lipinski definition) is 21. The van der Waals surface area contributed by atoms with Crippen LogP contribution in [-0.4, -0.2) is 188 Å². The first-order chi connectivity index (χ1) is 70.3. The molecule has 12 aliphatic carbocycles. The van der Waals surface area contributed by atoms with Gasteiger partial charge in [0.15, 0.2) is 0 Å². The maximum atomic E-state index is 13.1. The van der Waals surface area contributed by atoms with E-state index in [-0.39, 0.29) is 153 Å². The molecule has 3 heterocycles. The molecule has 12 saturated carbocycles. The van der Waals surface area contributed by atoms with Crippen molar-refractivity contribution >= 4 is 53.7 Å². The maximum absolute atomic E-state index is 13.1. The van der Waals surface area contributed by atoms with Crippen molar-refractivity contribution in [1.29, 1.82) is 0 Å². The van der Waals surface area contributed by atoms with Gasteiger partial charge in [0.1, 0.15) is 59.5 Å². The number of allylic oxidation sites excluding steroid dienone is 12. The molecule has 5 atom stereocenters. The van der Waals surface area contributed by atoms with E-state index in [1.54, 1.807) is 0 Å². The number of likely N-dealkylation sites (tertiary alicyclic amines) is 3. The van der Waals surface area contributed by atoms with Gasteiger partial charge in [0.25, 0.3) is 0 Å². The standard InChI is InChI=1S/C42H69NO6.2C41H67NO6/c1-3-4-5-6-7-8-9-10-11-12-13-14-15-16-17-18-39(44)47-31-38(32-48-40(45)26-34-19-21-43(2)22-20-34)33-49-41(46)30-42-27-35-23-36(28-42)25-37(24-35)29-42;1-4-5-6-7-8-9-10-11-12-13-14-15-16-17-18-19-37(43)46-29-36(31-48-39(45)40(2)20-21-42(3)32-40)30-47-38(44)28-41-25-33-22-34(26-41)24-35(23-33)27-41;1-3-4-5-6-7-8-9-10-11-12-13-14-15-16-17-20-38(43)46-30-36(32-48-40(45)37-19-18-21-42(2)29-37)31-47-39(44)28-41-25-33-22-34(26-41)24-35(23-33)27-41/h7-8,10-11,34-38H,3-6,9,12-33H2,1-2H3;8-9,11-12,33-36H,4-7,10,13-32H2,1-3H3;7-8,10-11,33-37H,3-6,9,12-32H2,1-2H3/b8-7-,11-10-;9-8-,12-11-;8-7-,11-10-. The first kappa shape index (κ1) is 120. The van der Waals surface area contributed by atoms with E-state index in [2.05, 4.69) is 115 Å². The quantitative estimate of drug-likeness (QED) is 0.0238. The number of piperidine rings is 2. The SMILES string of the molecule is CCCCC/C=C\C/C=C\CCCCCCCC(=O)OCC(COC(=O)CC12CC3CC(CC(C3)C1)C2)COC(=O)C1(C)CCN(C)C1.CCCCC/C=C\C/C=C\CCCCCCCC(=O)OCC(COC(=O)CC12CC3CC(CC(C3)C1)C2)COC(=O)C1CCCN(C)C1.CCCCC/C=C\C/C=C\CCCCCCCC(=O)OCC(COC(=O)CC1CCN(C)CC1)COC(=O)CC12CC3CC(CC(C3)C1)C2. The van der Waals surface area contributed by atoms with Crippen molar-refractivity contribution in [2.75, 3.05) is 120 Å². The number of carbonyl (C=O) groups is 9. The minimum atomic E-state index is -0.535. The van der Waals surface area contributed by atoms with E-state index >= 15 is 0 Å². The normalized spacial score (nSPS) is 27.4. The lowest BCUT2D eigenvalue weighted by Crippen LogP contribution is -2.47. The summed E-state index contributed by atoms with van der Waals surface area (Å²) in [5, 5.41) is 0. The average Bonchev–Trinajstić information content (AvgIpc) is 1.02. The summed E-state index contributed by atoms with van der Waals surface area (Å²) in [5.41, 5.74) is -0.179.